The Balaban J connectivity index is 1.65. The van der Waals surface area contributed by atoms with Crippen molar-refractivity contribution in [3.8, 4) is 22.5 Å². The zero-order chi connectivity index (χ0) is 27.9. The summed E-state index contributed by atoms with van der Waals surface area (Å²) in [7, 11) is 0. The molecule has 3 rings (SSSR count). The number of carbonyl (C=O) groups excluding carboxylic acids is 2. The topological polar surface area (TPSA) is 110 Å². The molecule has 0 bridgehead atoms. The number of aliphatic imine (C=N–C) groups is 1. The number of hydrogen-bond donors (Lipinski definition) is 2. The number of nitrogens with two attached hydrogens (primary N) is 1. The maximum Gasteiger partial charge on any atom is 0.254 e. The van der Waals surface area contributed by atoms with E-state index in [-0.39, 0.29) is 16.5 Å². The lowest BCUT2D eigenvalue weighted by Gasteiger charge is -2.19. The molecule has 2 aromatic carbocycles. The van der Waals surface area contributed by atoms with E-state index in [1.54, 1.807) is 0 Å². The summed E-state index contributed by atoms with van der Waals surface area (Å²) in [4.78, 5) is 37.6. The molecular weight excluding hydrogens is 474 g/mol. The number of aldehydes is 1. The van der Waals surface area contributed by atoms with Crippen molar-refractivity contribution in [1.82, 2.24) is 15.3 Å². The zero-order valence-corrected chi connectivity index (χ0v) is 23.0. The summed E-state index contributed by atoms with van der Waals surface area (Å²) in [6, 6.07) is 15.4. The largest absolute Gasteiger partial charge is 0.404 e. The summed E-state index contributed by atoms with van der Waals surface area (Å²) in [5.74, 6) is 0.165. The van der Waals surface area contributed by atoms with Crippen LogP contribution in [0.3, 0.4) is 0 Å². The number of rotatable bonds is 8. The Morgan fingerprint density at radius 3 is 2.00 bits per heavy atom. The van der Waals surface area contributed by atoms with E-state index in [0.29, 0.717) is 12.2 Å². The molecule has 0 saturated carbocycles. The minimum absolute atomic E-state index is 0.105. The highest BCUT2D eigenvalue weighted by Crippen LogP contribution is 2.26. The lowest BCUT2D eigenvalue weighted by atomic mass is 9.86. The highest BCUT2D eigenvalue weighted by Gasteiger charge is 2.16. The second kappa shape index (κ2) is 11.9. The standard InChI is InChI=1S/C31H37N5O2/c1-30(2,3)26-13-11-22(12-14-26)25-17-33-28(34-18-25)23-9-7-21(8-10-23)15-27(20-37)36-29(38)24(16-32)19-35-31(4,5)6/h7-14,16-20,27H,15,32H2,1-6H3,(H,36,38)/b24-16+,35-19?. The Morgan fingerprint density at radius 2 is 1.50 bits per heavy atom. The first kappa shape index (κ1) is 28.4. The summed E-state index contributed by atoms with van der Waals surface area (Å²) in [6.07, 6.45) is 7.33. The van der Waals surface area contributed by atoms with Gasteiger partial charge in [-0.15, -0.1) is 0 Å². The Labute approximate surface area is 225 Å². The van der Waals surface area contributed by atoms with Gasteiger partial charge in [0, 0.05) is 35.9 Å². The number of nitrogens with one attached hydrogen (secondary N) is 1. The zero-order valence-electron chi connectivity index (χ0n) is 23.0. The first-order valence-corrected chi connectivity index (χ1v) is 12.6. The number of benzene rings is 2. The second-order valence-corrected chi connectivity index (χ2v) is 11.3. The Kier molecular flexibility index (Phi) is 8.94. The summed E-state index contributed by atoms with van der Waals surface area (Å²) < 4.78 is 0. The summed E-state index contributed by atoms with van der Waals surface area (Å²) in [5, 5.41) is 2.71. The van der Waals surface area contributed by atoms with Crippen molar-refractivity contribution < 1.29 is 9.59 Å². The van der Waals surface area contributed by atoms with Crippen LogP contribution in [0.1, 0.15) is 52.7 Å². The van der Waals surface area contributed by atoms with E-state index in [0.717, 1.165) is 28.5 Å². The SMILES string of the molecule is CC(C)(C)N=C/C(=C\N)C(=O)NC(C=O)Cc1ccc(-c2ncc(-c3ccc(C(C)(C)C)cc3)cn2)cc1. The Morgan fingerprint density at radius 1 is 0.921 bits per heavy atom. The van der Waals surface area contributed by atoms with Gasteiger partial charge >= 0.3 is 0 Å². The van der Waals surface area contributed by atoms with Gasteiger partial charge in [0.15, 0.2) is 5.82 Å². The van der Waals surface area contributed by atoms with Crippen LogP contribution in [0, 0.1) is 0 Å². The van der Waals surface area contributed by atoms with Crippen LogP contribution in [-0.4, -0.2) is 40.0 Å². The Hall–Kier alpha value is -4.13. The average molecular weight is 512 g/mol. The van der Waals surface area contributed by atoms with E-state index in [1.807, 2.05) is 57.4 Å². The van der Waals surface area contributed by atoms with Crippen LogP contribution in [0.4, 0.5) is 0 Å². The third-order valence-electron chi connectivity index (χ3n) is 5.92. The molecule has 1 unspecified atom stereocenters. The van der Waals surface area contributed by atoms with E-state index in [2.05, 4.69) is 65.3 Å². The molecule has 7 heteroatoms. The normalized spacial score (nSPS) is 13.4. The first-order valence-electron chi connectivity index (χ1n) is 12.6. The molecule has 1 amide bonds. The molecule has 7 nitrogen and oxygen atoms in total. The summed E-state index contributed by atoms with van der Waals surface area (Å²) >= 11 is 0. The molecular formula is C31H37N5O2. The molecule has 0 fully saturated rings. The molecule has 0 spiro atoms. The molecule has 3 aromatic rings. The molecule has 0 aliphatic heterocycles. The molecule has 1 atom stereocenters. The van der Waals surface area contributed by atoms with E-state index >= 15 is 0 Å². The smallest absolute Gasteiger partial charge is 0.254 e. The summed E-state index contributed by atoms with van der Waals surface area (Å²) in [5.41, 5.74) is 10.6. The highest BCUT2D eigenvalue weighted by molar-refractivity contribution is 6.12. The molecule has 0 aliphatic carbocycles. The Bertz CT molecular complexity index is 1290. The number of carbonyl (C=O) groups is 2. The fourth-order valence-corrected chi connectivity index (χ4v) is 3.66. The van der Waals surface area contributed by atoms with Crippen molar-refractivity contribution in [2.24, 2.45) is 10.7 Å². The van der Waals surface area contributed by atoms with E-state index in [9.17, 15) is 9.59 Å². The number of amides is 1. The first-order chi connectivity index (χ1) is 17.9. The van der Waals surface area contributed by atoms with E-state index < -0.39 is 11.9 Å². The molecule has 3 N–H and O–H groups in total. The molecule has 0 saturated heterocycles. The van der Waals surface area contributed by atoms with Crippen LogP contribution in [0.5, 0.6) is 0 Å². The van der Waals surface area contributed by atoms with Crippen LogP contribution in [0.25, 0.3) is 22.5 Å². The highest BCUT2D eigenvalue weighted by atomic mass is 16.2. The van der Waals surface area contributed by atoms with Crippen molar-refractivity contribution in [2.75, 3.05) is 0 Å². The van der Waals surface area contributed by atoms with E-state index in [1.165, 1.54) is 18.0 Å². The van der Waals surface area contributed by atoms with Crippen LogP contribution in [-0.2, 0) is 21.4 Å². The third-order valence-corrected chi connectivity index (χ3v) is 5.92. The minimum atomic E-state index is -0.702. The van der Waals surface area contributed by atoms with Gasteiger partial charge in [-0.05, 0) is 49.3 Å². The van der Waals surface area contributed by atoms with Gasteiger partial charge in [-0.25, -0.2) is 9.97 Å². The van der Waals surface area contributed by atoms with Crippen molar-refractivity contribution in [2.45, 2.75) is 65.0 Å². The predicted octanol–water partition coefficient (Wildman–Crippen LogP) is 5.05. The minimum Gasteiger partial charge on any atom is -0.404 e. The lowest BCUT2D eigenvalue weighted by Crippen LogP contribution is -2.39. The second-order valence-electron chi connectivity index (χ2n) is 11.3. The molecule has 1 aromatic heterocycles. The van der Waals surface area contributed by atoms with Gasteiger partial charge in [0.05, 0.1) is 17.2 Å². The molecule has 198 valence electrons. The maximum atomic E-state index is 12.6. The third kappa shape index (κ3) is 7.93. The molecule has 0 radical (unpaired) electrons. The quantitative estimate of drug-likeness (QED) is 0.250. The van der Waals surface area contributed by atoms with Crippen molar-refractivity contribution in [1.29, 1.82) is 0 Å². The van der Waals surface area contributed by atoms with Gasteiger partial charge in [-0.1, -0.05) is 69.3 Å². The van der Waals surface area contributed by atoms with Gasteiger partial charge in [0.2, 0.25) is 0 Å². The van der Waals surface area contributed by atoms with Crippen LogP contribution < -0.4 is 11.1 Å². The fourth-order valence-electron chi connectivity index (χ4n) is 3.66. The van der Waals surface area contributed by atoms with Crippen LogP contribution in [0.2, 0.25) is 0 Å². The molecule has 0 aliphatic rings. The summed E-state index contributed by atoms with van der Waals surface area (Å²) in [6.45, 7) is 12.3. The fraction of sp³-hybridized carbons (Fsp3) is 0.323. The molecule has 1 heterocycles. The maximum absolute atomic E-state index is 12.6. The molecule has 38 heavy (non-hydrogen) atoms. The van der Waals surface area contributed by atoms with Crippen molar-refractivity contribution >= 4 is 18.4 Å². The van der Waals surface area contributed by atoms with Crippen LogP contribution in [0.15, 0.2) is 77.7 Å². The van der Waals surface area contributed by atoms with Crippen LogP contribution >= 0.6 is 0 Å². The van der Waals surface area contributed by atoms with Gasteiger partial charge in [0.1, 0.15) is 6.29 Å². The lowest BCUT2D eigenvalue weighted by molar-refractivity contribution is -0.120. The van der Waals surface area contributed by atoms with Crippen molar-refractivity contribution in [3.05, 3.63) is 83.8 Å². The number of nitrogens with zero attached hydrogens (tertiary/aromatic N) is 3. The average Bonchev–Trinajstić information content (AvgIpc) is 2.88. The monoisotopic (exact) mass is 511 g/mol. The van der Waals surface area contributed by atoms with Gasteiger partial charge < -0.3 is 15.8 Å². The number of aromatic nitrogens is 2. The van der Waals surface area contributed by atoms with E-state index in [4.69, 9.17) is 5.73 Å². The van der Waals surface area contributed by atoms with Gasteiger partial charge in [-0.2, -0.15) is 0 Å². The van der Waals surface area contributed by atoms with Gasteiger partial charge in [0.25, 0.3) is 5.91 Å². The van der Waals surface area contributed by atoms with Gasteiger partial charge in [-0.3, -0.25) is 9.79 Å². The predicted molar refractivity (Wildman–Crippen MR) is 154 cm³/mol. The van der Waals surface area contributed by atoms with Crippen molar-refractivity contribution in [3.63, 3.8) is 0 Å². The number of hydrogen-bond acceptors (Lipinski definition) is 6.